The van der Waals surface area contributed by atoms with E-state index in [1.54, 1.807) is 0 Å². The summed E-state index contributed by atoms with van der Waals surface area (Å²) in [6.45, 7) is 9.35. The molecule has 1 spiro atoms. The number of allylic oxidation sites excluding steroid dienone is 1. The third-order valence-corrected chi connectivity index (χ3v) is 6.83. The molecule has 0 unspecified atom stereocenters. The van der Waals surface area contributed by atoms with Gasteiger partial charge in [-0.2, -0.15) is 5.10 Å². The highest BCUT2D eigenvalue weighted by molar-refractivity contribution is 5.94. The molecule has 2 saturated heterocycles. The van der Waals surface area contributed by atoms with Crippen LogP contribution in [0.2, 0.25) is 0 Å². The van der Waals surface area contributed by atoms with Crippen LogP contribution < -0.4 is 0 Å². The topological polar surface area (TPSA) is 69.3 Å². The van der Waals surface area contributed by atoms with Gasteiger partial charge in [0, 0.05) is 49.3 Å². The maximum Gasteiger partial charge on any atom is 0.274 e. The first-order valence-electron chi connectivity index (χ1n) is 10.6. The molecule has 1 aromatic heterocycles. The van der Waals surface area contributed by atoms with Gasteiger partial charge in [0.2, 0.25) is 5.91 Å². The summed E-state index contributed by atoms with van der Waals surface area (Å²) in [6.07, 6.45) is 7.64. The minimum atomic E-state index is 0.0445. The minimum absolute atomic E-state index is 0.0445. The monoisotopic (exact) mass is 384 g/mol. The van der Waals surface area contributed by atoms with E-state index >= 15 is 0 Å². The Morgan fingerprint density at radius 3 is 2.79 bits per heavy atom. The van der Waals surface area contributed by atoms with Crippen LogP contribution in [0.15, 0.2) is 11.6 Å². The molecule has 28 heavy (non-hydrogen) atoms. The van der Waals surface area contributed by atoms with E-state index in [-0.39, 0.29) is 17.2 Å². The second kappa shape index (κ2) is 7.37. The third-order valence-electron chi connectivity index (χ3n) is 6.83. The highest BCUT2D eigenvalue weighted by Crippen LogP contribution is 2.41. The van der Waals surface area contributed by atoms with Crippen molar-refractivity contribution in [3.63, 3.8) is 0 Å². The molecule has 6 nitrogen and oxygen atoms in total. The number of amides is 2. The lowest BCUT2D eigenvalue weighted by Gasteiger charge is -2.38. The minimum Gasteiger partial charge on any atom is -0.338 e. The van der Waals surface area contributed by atoms with Crippen molar-refractivity contribution in [1.29, 1.82) is 0 Å². The van der Waals surface area contributed by atoms with E-state index in [4.69, 9.17) is 0 Å². The summed E-state index contributed by atoms with van der Waals surface area (Å²) >= 11 is 0. The molecule has 1 aliphatic carbocycles. The Morgan fingerprint density at radius 2 is 2.07 bits per heavy atom. The molecule has 3 heterocycles. The first kappa shape index (κ1) is 19.2. The quantitative estimate of drug-likeness (QED) is 0.815. The van der Waals surface area contributed by atoms with Crippen LogP contribution in [0.3, 0.4) is 0 Å². The van der Waals surface area contributed by atoms with Gasteiger partial charge in [0.05, 0.1) is 0 Å². The van der Waals surface area contributed by atoms with E-state index in [1.165, 1.54) is 5.57 Å². The zero-order valence-corrected chi connectivity index (χ0v) is 17.4. The van der Waals surface area contributed by atoms with Crippen molar-refractivity contribution in [2.24, 2.45) is 11.3 Å². The van der Waals surface area contributed by atoms with E-state index in [0.717, 1.165) is 63.0 Å². The average molecular weight is 385 g/mol. The molecule has 152 valence electrons. The van der Waals surface area contributed by atoms with Gasteiger partial charge in [-0.15, -0.1) is 0 Å². The number of aromatic nitrogens is 2. The third kappa shape index (κ3) is 3.61. The summed E-state index contributed by atoms with van der Waals surface area (Å²) < 4.78 is 0. The number of H-pyrrole nitrogens is 1. The summed E-state index contributed by atoms with van der Waals surface area (Å²) in [5.74, 6) is 0.928. The lowest BCUT2D eigenvalue weighted by molar-refractivity contribution is -0.127. The van der Waals surface area contributed by atoms with E-state index in [1.807, 2.05) is 9.80 Å². The first-order valence-corrected chi connectivity index (χ1v) is 10.6. The molecule has 2 aliphatic heterocycles. The summed E-state index contributed by atoms with van der Waals surface area (Å²) in [5.41, 5.74) is 4.19. The van der Waals surface area contributed by atoms with Crippen LogP contribution in [0.25, 0.3) is 0 Å². The number of fused-ring (bicyclic) bond motifs is 1. The SMILES string of the molecule is CC(C)=CCN1CC2(CCN(C(=O)c3n[nH]c4c3C[C@@H](C)CC4)CC2)CC1=O. The number of aryl methyl sites for hydroxylation is 1. The fraction of sp³-hybridized carbons (Fsp3) is 0.682. The molecule has 1 N–H and O–H groups in total. The smallest absolute Gasteiger partial charge is 0.274 e. The summed E-state index contributed by atoms with van der Waals surface area (Å²) in [7, 11) is 0. The number of nitrogens with zero attached hydrogens (tertiary/aromatic N) is 3. The van der Waals surface area contributed by atoms with Crippen molar-refractivity contribution in [2.45, 2.75) is 59.3 Å². The predicted molar refractivity (Wildman–Crippen MR) is 108 cm³/mol. The van der Waals surface area contributed by atoms with Gasteiger partial charge < -0.3 is 9.80 Å². The zero-order valence-electron chi connectivity index (χ0n) is 17.4. The molecule has 0 saturated carbocycles. The molecule has 1 atom stereocenters. The van der Waals surface area contributed by atoms with Crippen molar-refractivity contribution < 1.29 is 9.59 Å². The maximum atomic E-state index is 13.1. The van der Waals surface area contributed by atoms with Crippen LogP contribution in [0.1, 0.15) is 68.2 Å². The van der Waals surface area contributed by atoms with Gasteiger partial charge in [0.1, 0.15) is 0 Å². The molecular formula is C22H32N4O2. The molecular weight excluding hydrogens is 352 g/mol. The highest BCUT2D eigenvalue weighted by Gasteiger charge is 2.45. The maximum absolute atomic E-state index is 13.1. The number of piperidine rings is 1. The normalized spacial score (nSPS) is 23.8. The summed E-state index contributed by atoms with van der Waals surface area (Å²) in [5, 5.41) is 7.47. The summed E-state index contributed by atoms with van der Waals surface area (Å²) in [6, 6.07) is 0. The molecule has 0 bridgehead atoms. The highest BCUT2D eigenvalue weighted by atomic mass is 16.2. The van der Waals surface area contributed by atoms with E-state index < -0.39 is 0 Å². The van der Waals surface area contributed by atoms with Gasteiger partial charge >= 0.3 is 0 Å². The number of likely N-dealkylation sites (tertiary alicyclic amines) is 2. The molecule has 6 heteroatoms. The van der Waals surface area contributed by atoms with Crippen LogP contribution in [-0.2, 0) is 17.6 Å². The number of rotatable bonds is 3. The second-order valence-electron chi connectivity index (χ2n) is 9.40. The Bertz CT molecular complexity index is 797. The Morgan fingerprint density at radius 1 is 1.32 bits per heavy atom. The van der Waals surface area contributed by atoms with Gasteiger partial charge in [0.15, 0.2) is 5.69 Å². The van der Waals surface area contributed by atoms with Gasteiger partial charge in [-0.25, -0.2) is 0 Å². The first-order chi connectivity index (χ1) is 13.4. The Labute approximate surface area is 167 Å². The van der Waals surface area contributed by atoms with Crippen molar-refractivity contribution in [1.82, 2.24) is 20.0 Å². The van der Waals surface area contributed by atoms with Crippen LogP contribution in [0, 0.1) is 11.3 Å². The Balaban J connectivity index is 1.40. The zero-order chi connectivity index (χ0) is 19.9. The molecule has 0 aromatic carbocycles. The van der Waals surface area contributed by atoms with Crippen molar-refractivity contribution in [2.75, 3.05) is 26.2 Å². The largest absolute Gasteiger partial charge is 0.338 e. The number of hydrogen-bond acceptors (Lipinski definition) is 3. The van der Waals surface area contributed by atoms with Gasteiger partial charge in [-0.1, -0.05) is 18.6 Å². The number of carbonyl (C=O) groups excluding carboxylic acids is 2. The van der Waals surface area contributed by atoms with Crippen LogP contribution in [0.5, 0.6) is 0 Å². The number of nitrogens with one attached hydrogen (secondary N) is 1. The van der Waals surface area contributed by atoms with E-state index in [9.17, 15) is 9.59 Å². The lowest BCUT2D eigenvalue weighted by Crippen LogP contribution is -2.44. The van der Waals surface area contributed by atoms with Gasteiger partial charge in [0.25, 0.3) is 5.91 Å². The predicted octanol–water partition coefficient (Wildman–Crippen LogP) is 2.96. The molecule has 0 radical (unpaired) electrons. The van der Waals surface area contributed by atoms with Crippen LogP contribution >= 0.6 is 0 Å². The molecule has 2 fully saturated rings. The lowest BCUT2D eigenvalue weighted by atomic mass is 9.77. The fourth-order valence-corrected chi connectivity index (χ4v) is 4.96. The Kier molecular flexibility index (Phi) is 5.06. The van der Waals surface area contributed by atoms with E-state index in [2.05, 4.69) is 37.0 Å². The molecule has 2 amide bonds. The van der Waals surface area contributed by atoms with Gasteiger partial charge in [-0.05, 0) is 51.9 Å². The van der Waals surface area contributed by atoms with Crippen molar-refractivity contribution >= 4 is 11.8 Å². The van der Waals surface area contributed by atoms with Gasteiger partial charge in [-0.3, -0.25) is 14.7 Å². The fourth-order valence-electron chi connectivity index (χ4n) is 4.96. The van der Waals surface area contributed by atoms with Crippen molar-refractivity contribution in [3.8, 4) is 0 Å². The van der Waals surface area contributed by atoms with Crippen LogP contribution in [0.4, 0.5) is 0 Å². The van der Waals surface area contributed by atoms with Crippen LogP contribution in [-0.4, -0.2) is 58.0 Å². The number of carbonyl (C=O) groups is 2. The van der Waals surface area contributed by atoms with Crippen molar-refractivity contribution in [3.05, 3.63) is 28.6 Å². The molecule has 4 rings (SSSR count). The molecule has 1 aromatic rings. The number of aromatic amines is 1. The second-order valence-corrected chi connectivity index (χ2v) is 9.40. The van der Waals surface area contributed by atoms with E-state index in [0.29, 0.717) is 24.6 Å². The average Bonchev–Trinajstić information content (AvgIpc) is 3.20. The standard InChI is InChI=1S/C22H32N4O2/c1-15(2)6-9-26-14-22(13-19(26)27)7-10-25(11-8-22)21(28)20-17-12-16(3)4-5-18(17)23-24-20/h6,16H,4-5,7-14H2,1-3H3,(H,23,24)/t16-/m0/s1. The number of hydrogen-bond donors (Lipinski definition) is 1. The summed E-state index contributed by atoms with van der Waals surface area (Å²) in [4.78, 5) is 29.5. The Hall–Kier alpha value is -2.11. The molecule has 3 aliphatic rings.